The van der Waals surface area contributed by atoms with Gasteiger partial charge < -0.3 is 20.7 Å². The van der Waals surface area contributed by atoms with Gasteiger partial charge in [-0.15, -0.1) is 24.0 Å². The molecule has 6 nitrogen and oxygen atoms in total. The first kappa shape index (κ1) is 24.7. The topological polar surface area (TPSA) is 74.8 Å². The normalized spacial score (nSPS) is 14.2. The van der Waals surface area contributed by atoms with Gasteiger partial charge in [0, 0.05) is 25.6 Å². The van der Waals surface area contributed by atoms with Crippen LogP contribution in [0.3, 0.4) is 0 Å². The number of hydrogen-bond acceptors (Lipinski definition) is 3. The number of rotatable bonds is 9. The van der Waals surface area contributed by atoms with Crippen molar-refractivity contribution in [3.8, 4) is 0 Å². The van der Waals surface area contributed by atoms with Crippen LogP contribution in [0.1, 0.15) is 51.7 Å². The summed E-state index contributed by atoms with van der Waals surface area (Å²) in [7, 11) is 0. The Bertz CT molecular complexity index is 640. The maximum absolute atomic E-state index is 11.6. The minimum atomic E-state index is -0.148. The summed E-state index contributed by atoms with van der Waals surface area (Å²) in [4.78, 5) is 16.3. The van der Waals surface area contributed by atoms with Crippen LogP contribution in [0.2, 0.25) is 0 Å². The van der Waals surface area contributed by atoms with Gasteiger partial charge in [-0.3, -0.25) is 4.79 Å². The molecule has 1 amide bonds. The summed E-state index contributed by atoms with van der Waals surface area (Å²) in [6.45, 7) is 11.5. The zero-order valence-corrected chi connectivity index (χ0v) is 19.8. The summed E-state index contributed by atoms with van der Waals surface area (Å²) in [5, 5.41) is 9.45. The van der Waals surface area contributed by atoms with Gasteiger partial charge in [-0.05, 0) is 51.7 Å². The monoisotopic (exact) mass is 502 g/mol. The van der Waals surface area contributed by atoms with Crippen LogP contribution in [0, 0.1) is 5.92 Å². The number of benzene rings is 1. The number of guanidine groups is 1. The second-order valence-corrected chi connectivity index (χ2v) is 7.91. The molecule has 28 heavy (non-hydrogen) atoms. The van der Waals surface area contributed by atoms with E-state index in [0.29, 0.717) is 26.2 Å². The molecule has 7 heteroatoms. The number of nitrogens with zero attached hydrogens (tertiary/aromatic N) is 1. The Morgan fingerprint density at radius 2 is 1.82 bits per heavy atom. The Kier molecular flexibility index (Phi) is 10.8. The van der Waals surface area contributed by atoms with Crippen LogP contribution in [0.15, 0.2) is 29.3 Å². The van der Waals surface area contributed by atoms with Crippen molar-refractivity contribution in [2.24, 2.45) is 10.9 Å². The van der Waals surface area contributed by atoms with Crippen molar-refractivity contribution in [2.75, 3.05) is 19.6 Å². The first-order valence-corrected chi connectivity index (χ1v) is 9.89. The lowest BCUT2D eigenvalue weighted by molar-refractivity contribution is -0.122. The number of ether oxygens (including phenoxy) is 1. The predicted molar refractivity (Wildman–Crippen MR) is 125 cm³/mol. The number of carbonyl (C=O) groups is 1. The van der Waals surface area contributed by atoms with Crippen LogP contribution in [0.4, 0.5) is 0 Å². The SMILES string of the molecule is CCNC(=NCc1cccc(COC(C)(C)C)c1)NCCNC(=O)C1CC1.I. The van der Waals surface area contributed by atoms with E-state index in [0.717, 1.165) is 36.5 Å². The molecule has 0 aliphatic heterocycles. The molecule has 1 aromatic rings. The molecule has 0 bridgehead atoms. The number of carbonyl (C=O) groups excluding carboxylic acids is 1. The Morgan fingerprint density at radius 1 is 1.14 bits per heavy atom. The lowest BCUT2D eigenvalue weighted by Gasteiger charge is -2.19. The summed E-state index contributed by atoms with van der Waals surface area (Å²) in [5.41, 5.74) is 2.15. The van der Waals surface area contributed by atoms with Crippen molar-refractivity contribution in [3.63, 3.8) is 0 Å². The predicted octanol–water partition coefficient (Wildman–Crippen LogP) is 3.20. The zero-order valence-electron chi connectivity index (χ0n) is 17.5. The molecule has 0 atom stereocenters. The van der Waals surface area contributed by atoms with Crippen molar-refractivity contribution < 1.29 is 9.53 Å². The molecule has 1 fully saturated rings. The fourth-order valence-corrected chi connectivity index (χ4v) is 2.49. The Balaban J connectivity index is 0.00000392. The average molecular weight is 502 g/mol. The summed E-state index contributed by atoms with van der Waals surface area (Å²) in [6, 6.07) is 8.32. The molecule has 0 radical (unpaired) electrons. The van der Waals surface area contributed by atoms with E-state index in [1.807, 2.05) is 13.0 Å². The molecule has 1 aliphatic rings. The number of amides is 1. The molecule has 0 unspecified atom stereocenters. The standard InChI is InChI=1S/C21H34N4O2.HI/c1-5-22-20(24-12-11-23-19(26)18-9-10-18)25-14-16-7-6-8-17(13-16)15-27-21(2,3)4;/h6-8,13,18H,5,9-12,14-15H2,1-4H3,(H,23,26)(H2,22,24,25);1H. The van der Waals surface area contributed by atoms with Gasteiger partial charge in [0.25, 0.3) is 0 Å². The number of hydrogen-bond donors (Lipinski definition) is 3. The molecule has 0 saturated heterocycles. The highest BCUT2D eigenvalue weighted by molar-refractivity contribution is 14.0. The van der Waals surface area contributed by atoms with E-state index in [4.69, 9.17) is 4.74 Å². The van der Waals surface area contributed by atoms with E-state index in [9.17, 15) is 4.79 Å². The second-order valence-electron chi connectivity index (χ2n) is 7.91. The van der Waals surface area contributed by atoms with E-state index >= 15 is 0 Å². The van der Waals surface area contributed by atoms with Gasteiger partial charge in [-0.1, -0.05) is 24.3 Å². The van der Waals surface area contributed by atoms with Crippen LogP contribution >= 0.6 is 24.0 Å². The van der Waals surface area contributed by atoms with Gasteiger partial charge in [0.15, 0.2) is 5.96 Å². The zero-order chi connectivity index (χ0) is 19.7. The highest BCUT2D eigenvalue weighted by Gasteiger charge is 2.28. The van der Waals surface area contributed by atoms with Crippen LogP contribution in [0.5, 0.6) is 0 Å². The van der Waals surface area contributed by atoms with Crippen LogP contribution < -0.4 is 16.0 Å². The molecule has 158 valence electrons. The van der Waals surface area contributed by atoms with Crippen molar-refractivity contribution in [2.45, 2.75) is 59.3 Å². The second kappa shape index (κ2) is 12.3. The molecule has 2 rings (SSSR count). The average Bonchev–Trinajstić information content (AvgIpc) is 3.46. The molecular formula is C21H35IN4O2. The Hall–Kier alpha value is -1.35. The van der Waals surface area contributed by atoms with Crippen molar-refractivity contribution >= 4 is 35.8 Å². The molecule has 0 aromatic heterocycles. The number of aliphatic imine (C=N–C) groups is 1. The molecule has 1 aromatic carbocycles. The first-order chi connectivity index (χ1) is 12.9. The van der Waals surface area contributed by atoms with E-state index in [1.54, 1.807) is 0 Å². The summed E-state index contributed by atoms with van der Waals surface area (Å²) >= 11 is 0. The van der Waals surface area contributed by atoms with Crippen molar-refractivity contribution in [1.29, 1.82) is 0 Å². The van der Waals surface area contributed by atoms with E-state index < -0.39 is 0 Å². The van der Waals surface area contributed by atoms with Gasteiger partial charge in [0.2, 0.25) is 5.91 Å². The lowest BCUT2D eigenvalue weighted by atomic mass is 10.1. The molecule has 0 spiro atoms. The van der Waals surface area contributed by atoms with E-state index in [-0.39, 0.29) is 41.4 Å². The van der Waals surface area contributed by atoms with Gasteiger partial charge in [0.1, 0.15) is 0 Å². The molecule has 1 aliphatic carbocycles. The molecule has 3 N–H and O–H groups in total. The third kappa shape index (κ3) is 10.3. The smallest absolute Gasteiger partial charge is 0.223 e. The lowest BCUT2D eigenvalue weighted by Crippen LogP contribution is -2.41. The van der Waals surface area contributed by atoms with Gasteiger partial charge in [-0.2, -0.15) is 0 Å². The summed E-state index contributed by atoms with van der Waals surface area (Å²) < 4.78 is 5.85. The summed E-state index contributed by atoms with van der Waals surface area (Å²) in [5.74, 6) is 1.18. The minimum absolute atomic E-state index is 0. The Labute approximate surface area is 186 Å². The number of nitrogens with one attached hydrogen (secondary N) is 3. The first-order valence-electron chi connectivity index (χ1n) is 9.89. The van der Waals surface area contributed by atoms with Crippen molar-refractivity contribution in [1.82, 2.24) is 16.0 Å². The highest BCUT2D eigenvalue weighted by atomic mass is 127. The maximum Gasteiger partial charge on any atom is 0.223 e. The molecular weight excluding hydrogens is 467 g/mol. The maximum atomic E-state index is 11.6. The quantitative estimate of drug-likeness (QED) is 0.210. The summed E-state index contributed by atoms with van der Waals surface area (Å²) in [6.07, 6.45) is 2.06. The largest absolute Gasteiger partial charge is 0.371 e. The fraction of sp³-hybridized carbons (Fsp3) is 0.619. The minimum Gasteiger partial charge on any atom is -0.371 e. The number of halogens is 1. The fourth-order valence-electron chi connectivity index (χ4n) is 2.49. The van der Waals surface area contributed by atoms with Gasteiger partial charge in [0.05, 0.1) is 18.8 Å². The Morgan fingerprint density at radius 3 is 2.46 bits per heavy atom. The third-order valence-electron chi connectivity index (χ3n) is 4.09. The van der Waals surface area contributed by atoms with Gasteiger partial charge in [-0.25, -0.2) is 4.99 Å². The van der Waals surface area contributed by atoms with Crippen molar-refractivity contribution in [3.05, 3.63) is 35.4 Å². The molecule has 1 saturated carbocycles. The molecule has 0 heterocycles. The highest BCUT2D eigenvalue weighted by Crippen LogP contribution is 2.28. The van der Waals surface area contributed by atoms with Gasteiger partial charge >= 0.3 is 0 Å². The van der Waals surface area contributed by atoms with E-state index in [2.05, 4.69) is 59.9 Å². The van der Waals surface area contributed by atoms with Crippen LogP contribution in [-0.2, 0) is 22.7 Å². The van der Waals surface area contributed by atoms with Crippen LogP contribution in [0.25, 0.3) is 0 Å². The third-order valence-corrected chi connectivity index (χ3v) is 4.09. The van der Waals surface area contributed by atoms with E-state index in [1.165, 1.54) is 0 Å². The van der Waals surface area contributed by atoms with Crippen LogP contribution in [-0.4, -0.2) is 37.1 Å².